The Kier molecular flexibility index (Phi) is 5.35. The van der Waals surface area contributed by atoms with Gasteiger partial charge in [-0.3, -0.25) is 4.90 Å². The molecule has 0 aromatic heterocycles. The first kappa shape index (κ1) is 16.0. The van der Waals surface area contributed by atoms with Crippen LogP contribution in [0.5, 0.6) is 0 Å². The van der Waals surface area contributed by atoms with Crippen LogP contribution in [0.2, 0.25) is 0 Å². The zero-order chi connectivity index (χ0) is 15.3. The Morgan fingerprint density at radius 2 is 2.05 bits per heavy atom. The molecule has 1 aromatic rings. The van der Waals surface area contributed by atoms with Gasteiger partial charge in [0.15, 0.2) is 0 Å². The van der Waals surface area contributed by atoms with Crippen molar-refractivity contribution in [3.63, 3.8) is 0 Å². The third-order valence-corrected chi connectivity index (χ3v) is 4.44. The van der Waals surface area contributed by atoms with Crippen molar-refractivity contribution in [1.29, 1.82) is 5.26 Å². The predicted molar refractivity (Wildman–Crippen MR) is 85.7 cm³/mol. The minimum atomic E-state index is -0.933. The van der Waals surface area contributed by atoms with Crippen LogP contribution in [0.3, 0.4) is 0 Å². The molecule has 0 aliphatic carbocycles. The van der Waals surface area contributed by atoms with E-state index in [9.17, 15) is 5.26 Å². The van der Waals surface area contributed by atoms with E-state index >= 15 is 0 Å². The molecule has 114 valence electrons. The summed E-state index contributed by atoms with van der Waals surface area (Å²) in [6.45, 7) is 5.98. The number of nitrogens with two attached hydrogens (primary N) is 1. The highest BCUT2D eigenvalue weighted by atomic mass is 15.2. The largest absolute Gasteiger partial charge is 0.309 e. The molecule has 0 spiro atoms. The lowest BCUT2D eigenvalue weighted by Gasteiger charge is -2.35. The second-order valence-electron chi connectivity index (χ2n) is 6.10. The molecule has 2 rings (SSSR count). The molecule has 2 unspecified atom stereocenters. The molecule has 1 aliphatic rings. The monoisotopic (exact) mass is 286 g/mol. The average Bonchev–Trinajstić information content (AvgIpc) is 2.69. The summed E-state index contributed by atoms with van der Waals surface area (Å²) in [7, 11) is 2.17. The number of benzene rings is 1. The Hall–Kier alpha value is -1.41. The molecule has 0 saturated carbocycles. The normalized spacial score (nSPS) is 24.0. The Morgan fingerprint density at radius 3 is 2.67 bits per heavy atom. The van der Waals surface area contributed by atoms with Gasteiger partial charge < -0.3 is 10.6 Å². The van der Waals surface area contributed by atoms with Crippen molar-refractivity contribution in [1.82, 2.24) is 9.80 Å². The van der Waals surface area contributed by atoms with E-state index < -0.39 is 5.54 Å². The van der Waals surface area contributed by atoms with Crippen LogP contribution >= 0.6 is 0 Å². The summed E-state index contributed by atoms with van der Waals surface area (Å²) in [5, 5.41) is 9.64. The molecule has 1 heterocycles. The molecule has 0 bridgehead atoms. The topological polar surface area (TPSA) is 56.3 Å². The van der Waals surface area contributed by atoms with Gasteiger partial charge in [-0.15, -0.1) is 0 Å². The van der Waals surface area contributed by atoms with E-state index in [4.69, 9.17) is 5.73 Å². The number of hydrogen-bond acceptors (Lipinski definition) is 4. The third kappa shape index (κ3) is 3.82. The Balaban J connectivity index is 2.19. The summed E-state index contributed by atoms with van der Waals surface area (Å²) in [5.74, 6) is 0. The molecule has 2 atom stereocenters. The highest BCUT2D eigenvalue weighted by molar-refractivity contribution is 5.31. The standard InChI is InChI=1S/C17H26N4/c1-3-16-12-20(2)10-7-11-21(16)14-17(19,13-18)15-8-5-4-6-9-15/h4-6,8-9,16H,3,7,10-12,14,19H2,1-2H3. The zero-order valence-corrected chi connectivity index (χ0v) is 13.1. The summed E-state index contributed by atoms with van der Waals surface area (Å²) < 4.78 is 0. The quantitative estimate of drug-likeness (QED) is 0.916. The van der Waals surface area contributed by atoms with Crippen LogP contribution in [0.4, 0.5) is 0 Å². The summed E-state index contributed by atoms with van der Waals surface area (Å²) in [6, 6.07) is 12.6. The number of rotatable bonds is 4. The third-order valence-electron chi connectivity index (χ3n) is 4.44. The van der Waals surface area contributed by atoms with Gasteiger partial charge in [-0.2, -0.15) is 5.26 Å². The predicted octanol–water partition coefficient (Wildman–Crippen LogP) is 1.78. The summed E-state index contributed by atoms with van der Waals surface area (Å²) in [4.78, 5) is 4.78. The maximum Gasteiger partial charge on any atom is 0.142 e. The molecular weight excluding hydrogens is 260 g/mol. The van der Waals surface area contributed by atoms with Crippen LogP contribution in [0, 0.1) is 11.3 Å². The lowest BCUT2D eigenvalue weighted by atomic mass is 9.91. The van der Waals surface area contributed by atoms with Gasteiger partial charge in [-0.25, -0.2) is 0 Å². The van der Waals surface area contributed by atoms with Crippen molar-refractivity contribution in [2.45, 2.75) is 31.3 Å². The van der Waals surface area contributed by atoms with Gasteiger partial charge in [-0.05, 0) is 38.5 Å². The van der Waals surface area contributed by atoms with Gasteiger partial charge in [-0.1, -0.05) is 37.3 Å². The minimum Gasteiger partial charge on any atom is -0.309 e. The van der Waals surface area contributed by atoms with Gasteiger partial charge in [0.05, 0.1) is 6.07 Å². The van der Waals surface area contributed by atoms with E-state index in [0.29, 0.717) is 12.6 Å². The SMILES string of the molecule is CCC1CN(C)CCCN1CC(N)(C#N)c1ccccc1. The number of nitriles is 1. The van der Waals surface area contributed by atoms with Crippen LogP contribution < -0.4 is 5.73 Å². The van der Waals surface area contributed by atoms with Crippen molar-refractivity contribution in [2.75, 3.05) is 33.2 Å². The van der Waals surface area contributed by atoms with Crippen LogP contribution in [-0.4, -0.2) is 49.1 Å². The molecule has 21 heavy (non-hydrogen) atoms. The van der Waals surface area contributed by atoms with Gasteiger partial charge in [0.25, 0.3) is 0 Å². The molecule has 0 amide bonds. The Bertz CT molecular complexity index is 481. The van der Waals surface area contributed by atoms with Crippen molar-refractivity contribution >= 4 is 0 Å². The van der Waals surface area contributed by atoms with Crippen molar-refractivity contribution in [3.05, 3.63) is 35.9 Å². The number of hydrogen-bond donors (Lipinski definition) is 1. The fourth-order valence-electron chi connectivity index (χ4n) is 3.14. The Labute approximate surface area is 128 Å². The molecule has 1 saturated heterocycles. The minimum absolute atomic E-state index is 0.470. The molecule has 0 radical (unpaired) electrons. The lowest BCUT2D eigenvalue weighted by Crippen LogP contribution is -2.51. The van der Waals surface area contributed by atoms with E-state index in [1.165, 1.54) is 0 Å². The summed E-state index contributed by atoms with van der Waals surface area (Å²) in [6.07, 6.45) is 2.21. The maximum absolute atomic E-state index is 9.64. The fraction of sp³-hybridized carbons (Fsp3) is 0.588. The average molecular weight is 286 g/mol. The Morgan fingerprint density at radius 1 is 1.33 bits per heavy atom. The van der Waals surface area contributed by atoms with Crippen LogP contribution in [-0.2, 0) is 5.54 Å². The van der Waals surface area contributed by atoms with Gasteiger partial charge in [0.1, 0.15) is 5.54 Å². The zero-order valence-electron chi connectivity index (χ0n) is 13.1. The molecular formula is C17H26N4. The van der Waals surface area contributed by atoms with Crippen LogP contribution in [0.1, 0.15) is 25.3 Å². The van der Waals surface area contributed by atoms with E-state index in [1.54, 1.807) is 0 Å². The number of nitrogens with zero attached hydrogens (tertiary/aromatic N) is 3. The molecule has 1 aliphatic heterocycles. The van der Waals surface area contributed by atoms with E-state index in [1.807, 2.05) is 30.3 Å². The lowest BCUT2D eigenvalue weighted by molar-refractivity contribution is 0.160. The second-order valence-corrected chi connectivity index (χ2v) is 6.10. The van der Waals surface area contributed by atoms with E-state index in [0.717, 1.165) is 38.0 Å². The van der Waals surface area contributed by atoms with Gasteiger partial charge in [0.2, 0.25) is 0 Å². The maximum atomic E-state index is 9.64. The molecule has 4 nitrogen and oxygen atoms in total. The molecule has 4 heteroatoms. The van der Waals surface area contributed by atoms with Crippen molar-refractivity contribution in [3.8, 4) is 6.07 Å². The van der Waals surface area contributed by atoms with Gasteiger partial charge in [0, 0.05) is 19.1 Å². The van der Waals surface area contributed by atoms with Gasteiger partial charge >= 0.3 is 0 Å². The van der Waals surface area contributed by atoms with E-state index in [-0.39, 0.29) is 0 Å². The van der Waals surface area contributed by atoms with E-state index in [2.05, 4.69) is 29.8 Å². The smallest absolute Gasteiger partial charge is 0.142 e. The molecule has 1 aromatic carbocycles. The molecule has 1 fully saturated rings. The first-order valence-corrected chi connectivity index (χ1v) is 7.77. The number of likely N-dealkylation sites (N-methyl/N-ethyl adjacent to an activating group) is 1. The highest BCUT2D eigenvalue weighted by Gasteiger charge is 2.33. The second kappa shape index (κ2) is 7.04. The fourth-order valence-corrected chi connectivity index (χ4v) is 3.14. The summed E-state index contributed by atoms with van der Waals surface area (Å²) in [5.41, 5.74) is 6.41. The summed E-state index contributed by atoms with van der Waals surface area (Å²) >= 11 is 0. The van der Waals surface area contributed by atoms with Crippen LogP contribution in [0.25, 0.3) is 0 Å². The first-order valence-electron chi connectivity index (χ1n) is 7.77. The molecule has 2 N–H and O–H groups in total. The first-order chi connectivity index (χ1) is 10.1. The van der Waals surface area contributed by atoms with Crippen molar-refractivity contribution in [2.24, 2.45) is 5.73 Å². The van der Waals surface area contributed by atoms with Crippen molar-refractivity contribution < 1.29 is 0 Å². The van der Waals surface area contributed by atoms with Crippen LogP contribution in [0.15, 0.2) is 30.3 Å². The highest BCUT2D eigenvalue weighted by Crippen LogP contribution is 2.22.